The molecule has 0 amide bonds. The molecule has 2 aromatic carbocycles. The highest BCUT2D eigenvalue weighted by molar-refractivity contribution is 5.95. The van der Waals surface area contributed by atoms with Crippen LogP contribution in [0.3, 0.4) is 0 Å². The lowest BCUT2D eigenvalue weighted by Gasteiger charge is -2.29. The number of carboxylic acids is 1. The second-order valence-electron chi connectivity index (χ2n) is 7.68. The van der Waals surface area contributed by atoms with Crippen LogP contribution >= 0.6 is 0 Å². The van der Waals surface area contributed by atoms with Crippen LogP contribution in [0.15, 0.2) is 54.6 Å². The van der Waals surface area contributed by atoms with Gasteiger partial charge in [0.05, 0.1) is 0 Å². The van der Waals surface area contributed by atoms with Gasteiger partial charge in [0.15, 0.2) is 11.8 Å². The van der Waals surface area contributed by atoms with Crippen molar-refractivity contribution in [3.63, 3.8) is 0 Å². The lowest BCUT2D eigenvalue weighted by molar-refractivity contribution is -0.526. The van der Waals surface area contributed by atoms with Crippen molar-refractivity contribution in [2.45, 2.75) is 57.4 Å². The minimum absolute atomic E-state index is 0.0796. The van der Waals surface area contributed by atoms with E-state index < -0.39 is 5.97 Å². The van der Waals surface area contributed by atoms with Crippen LogP contribution in [-0.2, 0) is 16.6 Å². The van der Waals surface area contributed by atoms with E-state index in [0.29, 0.717) is 12.5 Å². The molecule has 2 unspecified atom stereocenters. The number of hydrogen-bond acceptors (Lipinski definition) is 1. The van der Waals surface area contributed by atoms with Crippen molar-refractivity contribution in [1.82, 2.24) is 0 Å². The standard InChI is InChI=1S/C24H29NO2/c1-4-22-24(17-18(2)25(22)3,20-10-6-5-7-11-20)21-15-13-19(14-16-21)9-8-12-23(26)27/h5-7,10-11,13-16,18H,4,8-9,12,17H2,1-3H3/p+1. The predicted octanol–water partition coefficient (Wildman–Crippen LogP) is 4.67. The van der Waals surface area contributed by atoms with E-state index in [9.17, 15) is 4.79 Å². The molecule has 0 radical (unpaired) electrons. The topological polar surface area (TPSA) is 40.3 Å². The van der Waals surface area contributed by atoms with Crippen LogP contribution in [0.5, 0.6) is 0 Å². The maximum Gasteiger partial charge on any atom is 0.303 e. The molecule has 3 rings (SSSR count). The molecule has 0 spiro atoms. The molecule has 1 aliphatic rings. The van der Waals surface area contributed by atoms with E-state index in [1.54, 1.807) is 0 Å². The Labute approximate surface area is 162 Å². The highest BCUT2D eigenvalue weighted by Gasteiger charge is 2.51. The third kappa shape index (κ3) is 3.69. The smallest absolute Gasteiger partial charge is 0.303 e. The van der Waals surface area contributed by atoms with E-state index in [4.69, 9.17) is 5.11 Å². The zero-order valence-corrected chi connectivity index (χ0v) is 16.6. The van der Waals surface area contributed by atoms with Gasteiger partial charge in [-0.25, -0.2) is 4.58 Å². The molecule has 0 saturated carbocycles. The monoisotopic (exact) mass is 364 g/mol. The minimum atomic E-state index is -0.722. The number of carboxylic acid groups (broad SMARTS) is 1. The van der Waals surface area contributed by atoms with E-state index in [0.717, 1.165) is 19.3 Å². The summed E-state index contributed by atoms with van der Waals surface area (Å²) in [6.45, 7) is 4.56. The van der Waals surface area contributed by atoms with E-state index in [-0.39, 0.29) is 11.8 Å². The van der Waals surface area contributed by atoms with Gasteiger partial charge in [0, 0.05) is 19.3 Å². The predicted molar refractivity (Wildman–Crippen MR) is 110 cm³/mol. The Bertz CT molecular complexity index is 823. The quantitative estimate of drug-likeness (QED) is 0.726. The molecular formula is C24H30NO2+. The van der Waals surface area contributed by atoms with Gasteiger partial charge in [-0.15, -0.1) is 0 Å². The summed E-state index contributed by atoms with van der Waals surface area (Å²) in [5, 5.41) is 8.84. The molecule has 2 aromatic rings. The number of aliphatic carboxylic acids is 1. The zero-order valence-electron chi connectivity index (χ0n) is 16.6. The van der Waals surface area contributed by atoms with Crippen LogP contribution in [0, 0.1) is 0 Å². The van der Waals surface area contributed by atoms with Crippen LogP contribution in [0.2, 0.25) is 0 Å². The lowest BCUT2D eigenvalue weighted by atomic mass is 9.68. The first kappa shape index (κ1) is 19.3. The molecule has 3 nitrogen and oxygen atoms in total. The van der Waals surface area contributed by atoms with Crippen molar-refractivity contribution in [3.05, 3.63) is 71.3 Å². The summed E-state index contributed by atoms with van der Waals surface area (Å²) in [5.41, 5.74) is 5.30. The average Bonchev–Trinajstić information content (AvgIpc) is 2.94. The third-order valence-electron chi connectivity index (χ3n) is 6.09. The first-order chi connectivity index (χ1) is 13.0. The van der Waals surface area contributed by atoms with Gasteiger partial charge in [0.1, 0.15) is 12.5 Å². The summed E-state index contributed by atoms with van der Waals surface area (Å²) in [7, 11) is 2.22. The van der Waals surface area contributed by atoms with Crippen LogP contribution in [0.25, 0.3) is 0 Å². The Morgan fingerprint density at radius 1 is 1.11 bits per heavy atom. The highest BCUT2D eigenvalue weighted by Crippen LogP contribution is 2.43. The van der Waals surface area contributed by atoms with E-state index in [2.05, 4.69) is 80.1 Å². The van der Waals surface area contributed by atoms with Gasteiger partial charge < -0.3 is 5.11 Å². The van der Waals surface area contributed by atoms with Gasteiger partial charge in [-0.2, -0.15) is 0 Å². The van der Waals surface area contributed by atoms with Gasteiger partial charge in [-0.3, -0.25) is 4.79 Å². The Kier molecular flexibility index (Phi) is 5.79. The fraction of sp³-hybridized carbons (Fsp3) is 0.417. The summed E-state index contributed by atoms with van der Waals surface area (Å²) >= 11 is 0. The maximum absolute atomic E-state index is 10.7. The SMILES string of the molecule is CCC1=[N+](C)C(C)CC1(c1ccccc1)c1ccc(CCCC(=O)O)cc1. The van der Waals surface area contributed by atoms with Crippen molar-refractivity contribution in [1.29, 1.82) is 0 Å². The first-order valence-electron chi connectivity index (χ1n) is 9.95. The molecule has 0 fully saturated rings. The molecule has 0 bridgehead atoms. The fourth-order valence-electron chi connectivity index (χ4n) is 4.67. The molecule has 27 heavy (non-hydrogen) atoms. The highest BCUT2D eigenvalue weighted by atomic mass is 16.4. The normalized spacial score (nSPS) is 22.3. The van der Waals surface area contributed by atoms with Crippen LogP contribution in [0.1, 0.15) is 56.2 Å². The first-order valence-corrected chi connectivity index (χ1v) is 9.95. The molecule has 1 aliphatic heterocycles. The van der Waals surface area contributed by atoms with Gasteiger partial charge in [0.25, 0.3) is 0 Å². The minimum Gasteiger partial charge on any atom is -0.481 e. The van der Waals surface area contributed by atoms with Gasteiger partial charge in [-0.05, 0) is 36.5 Å². The van der Waals surface area contributed by atoms with E-state index in [1.807, 2.05) is 0 Å². The molecule has 1 heterocycles. The third-order valence-corrected chi connectivity index (χ3v) is 6.09. The average molecular weight is 365 g/mol. The summed E-state index contributed by atoms with van der Waals surface area (Å²) in [6.07, 6.45) is 3.83. The second kappa shape index (κ2) is 8.08. The summed E-state index contributed by atoms with van der Waals surface area (Å²) < 4.78 is 2.45. The summed E-state index contributed by atoms with van der Waals surface area (Å²) in [4.78, 5) is 10.7. The summed E-state index contributed by atoms with van der Waals surface area (Å²) in [6, 6.07) is 20.2. The van der Waals surface area contributed by atoms with Crippen molar-refractivity contribution < 1.29 is 14.5 Å². The van der Waals surface area contributed by atoms with Crippen LogP contribution < -0.4 is 0 Å². The Balaban J connectivity index is 1.99. The Morgan fingerprint density at radius 3 is 2.33 bits per heavy atom. The lowest BCUT2D eigenvalue weighted by Crippen LogP contribution is -2.35. The fourth-order valence-corrected chi connectivity index (χ4v) is 4.67. The van der Waals surface area contributed by atoms with Crippen molar-refractivity contribution in [2.75, 3.05) is 7.05 Å². The zero-order chi connectivity index (χ0) is 19.4. The molecule has 142 valence electrons. The van der Waals surface area contributed by atoms with Crippen LogP contribution in [0.4, 0.5) is 0 Å². The molecule has 0 aromatic heterocycles. The summed E-state index contributed by atoms with van der Waals surface area (Å²) in [5.74, 6) is -0.722. The van der Waals surface area contributed by atoms with E-state index in [1.165, 1.54) is 22.4 Å². The Hall–Kier alpha value is -2.42. The van der Waals surface area contributed by atoms with Gasteiger partial charge >= 0.3 is 5.97 Å². The molecule has 1 N–H and O–H groups in total. The van der Waals surface area contributed by atoms with E-state index >= 15 is 0 Å². The van der Waals surface area contributed by atoms with Crippen molar-refractivity contribution in [3.8, 4) is 0 Å². The number of nitrogens with zero attached hydrogens (tertiary/aromatic N) is 1. The molecule has 3 heteroatoms. The maximum atomic E-state index is 10.7. The second-order valence-corrected chi connectivity index (χ2v) is 7.68. The van der Waals surface area contributed by atoms with Gasteiger partial charge in [-0.1, -0.05) is 61.5 Å². The van der Waals surface area contributed by atoms with Gasteiger partial charge in [0.2, 0.25) is 0 Å². The molecule has 2 atom stereocenters. The number of carbonyl (C=O) groups is 1. The molecule has 0 saturated heterocycles. The largest absolute Gasteiger partial charge is 0.481 e. The number of hydrogen-bond donors (Lipinski definition) is 1. The van der Waals surface area contributed by atoms with Crippen molar-refractivity contribution in [2.24, 2.45) is 0 Å². The number of rotatable bonds is 7. The number of aryl methyl sites for hydroxylation is 1. The van der Waals surface area contributed by atoms with Crippen molar-refractivity contribution >= 4 is 11.7 Å². The molecular weight excluding hydrogens is 334 g/mol. The molecule has 0 aliphatic carbocycles. The van der Waals surface area contributed by atoms with Crippen LogP contribution in [-0.4, -0.2) is 34.5 Å². The Morgan fingerprint density at radius 2 is 1.74 bits per heavy atom. The number of benzene rings is 2.